The smallest absolute Gasteiger partial charge is 0.229 e. The molecule has 0 saturated carbocycles. The van der Waals surface area contributed by atoms with Gasteiger partial charge in [0.15, 0.2) is 0 Å². The maximum absolute atomic E-state index is 5.23. The highest BCUT2D eigenvalue weighted by molar-refractivity contribution is 5.76. The molecule has 4 nitrogen and oxygen atoms in total. The zero-order valence-electron chi connectivity index (χ0n) is 5.58. The van der Waals surface area contributed by atoms with Crippen LogP contribution in [0.2, 0.25) is 0 Å². The van der Waals surface area contributed by atoms with E-state index in [1.165, 1.54) is 0 Å². The Bertz CT molecular complexity index is 153. The van der Waals surface area contributed by atoms with E-state index in [9.17, 15) is 0 Å². The molecule has 1 atom stereocenters. The zero-order chi connectivity index (χ0) is 6.81. The topological polar surface area (TPSA) is 43.3 Å². The fourth-order valence-corrected chi connectivity index (χ4v) is 0.748. The molecule has 0 aromatic rings. The second-order valence-electron chi connectivity index (χ2n) is 2.33. The molecular formula is C6H9NO3. The summed E-state index contributed by atoms with van der Waals surface area (Å²) in [6.07, 6.45) is 1.11. The molecule has 0 amide bonds. The van der Waals surface area contributed by atoms with Gasteiger partial charge in [-0.3, -0.25) is 0 Å². The monoisotopic (exact) mass is 143 g/mol. The van der Waals surface area contributed by atoms with Crippen molar-refractivity contribution < 1.29 is 14.3 Å². The molecule has 0 aromatic heterocycles. The Morgan fingerprint density at radius 3 is 3.20 bits per heavy atom. The molecule has 0 aromatic carbocycles. The van der Waals surface area contributed by atoms with Crippen LogP contribution in [0.4, 0.5) is 0 Å². The van der Waals surface area contributed by atoms with Gasteiger partial charge in [0, 0.05) is 0 Å². The Morgan fingerprint density at radius 1 is 1.70 bits per heavy atom. The van der Waals surface area contributed by atoms with Crippen LogP contribution in [0.15, 0.2) is 5.16 Å². The SMILES string of the molecule is C1CC(OCC2CO2)=NO1. The molecule has 0 spiro atoms. The van der Waals surface area contributed by atoms with Crippen molar-refractivity contribution in [2.24, 2.45) is 5.16 Å². The first-order chi connectivity index (χ1) is 4.95. The van der Waals surface area contributed by atoms with Gasteiger partial charge in [-0.2, -0.15) is 0 Å². The van der Waals surface area contributed by atoms with Gasteiger partial charge >= 0.3 is 0 Å². The van der Waals surface area contributed by atoms with Crippen molar-refractivity contribution in [3.8, 4) is 0 Å². The van der Waals surface area contributed by atoms with Crippen molar-refractivity contribution >= 4 is 5.90 Å². The average molecular weight is 143 g/mol. The van der Waals surface area contributed by atoms with Crippen LogP contribution in [-0.4, -0.2) is 31.8 Å². The largest absolute Gasteiger partial charge is 0.476 e. The van der Waals surface area contributed by atoms with Crippen LogP contribution in [0.5, 0.6) is 0 Å². The lowest BCUT2D eigenvalue weighted by Gasteiger charge is -1.98. The normalized spacial score (nSPS) is 29.2. The van der Waals surface area contributed by atoms with Gasteiger partial charge in [-0.25, -0.2) is 0 Å². The molecule has 0 N–H and O–H groups in total. The summed E-state index contributed by atoms with van der Waals surface area (Å²) in [7, 11) is 0. The highest BCUT2D eigenvalue weighted by Gasteiger charge is 2.24. The lowest BCUT2D eigenvalue weighted by atomic mass is 10.4. The van der Waals surface area contributed by atoms with E-state index in [0.29, 0.717) is 25.2 Å². The number of hydrogen-bond acceptors (Lipinski definition) is 4. The second kappa shape index (κ2) is 2.46. The standard InChI is InChI=1S/C6H9NO3/c1-2-10-7-6(1)9-4-5-3-8-5/h5H,1-4H2. The van der Waals surface area contributed by atoms with Crippen LogP contribution in [0.25, 0.3) is 0 Å². The number of hydrogen-bond donors (Lipinski definition) is 0. The Kier molecular flexibility index (Phi) is 1.47. The van der Waals surface area contributed by atoms with E-state index in [-0.39, 0.29) is 0 Å². The summed E-state index contributed by atoms with van der Waals surface area (Å²) in [5.74, 6) is 0.704. The molecule has 2 rings (SSSR count). The molecule has 1 saturated heterocycles. The van der Waals surface area contributed by atoms with Crippen molar-refractivity contribution in [3.05, 3.63) is 0 Å². The van der Waals surface area contributed by atoms with Crippen LogP contribution in [-0.2, 0) is 14.3 Å². The highest BCUT2D eigenvalue weighted by atomic mass is 16.7. The highest BCUT2D eigenvalue weighted by Crippen LogP contribution is 2.10. The molecule has 1 unspecified atom stereocenters. The fourth-order valence-electron chi connectivity index (χ4n) is 0.748. The van der Waals surface area contributed by atoms with Gasteiger partial charge in [0.05, 0.1) is 13.0 Å². The summed E-state index contributed by atoms with van der Waals surface area (Å²) in [6.45, 7) is 2.11. The summed E-state index contributed by atoms with van der Waals surface area (Å²) in [4.78, 5) is 4.73. The minimum absolute atomic E-state index is 0.309. The van der Waals surface area contributed by atoms with Gasteiger partial charge in [-0.1, -0.05) is 5.16 Å². The number of oxime groups is 1. The first-order valence-corrected chi connectivity index (χ1v) is 3.38. The Morgan fingerprint density at radius 2 is 2.60 bits per heavy atom. The third kappa shape index (κ3) is 1.39. The van der Waals surface area contributed by atoms with Crippen LogP contribution < -0.4 is 0 Å². The first-order valence-electron chi connectivity index (χ1n) is 3.38. The van der Waals surface area contributed by atoms with Crippen LogP contribution in [0, 0.1) is 0 Å². The van der Waals surface area contributed by atoms with Crippen molar-refractivity contribution in [1.29, 1.82) is 0 Å². The zero-order valence-corrected chi connectivity index (χ0v) is 5.58. The van der Waals surface area contributed by atoms with Crippen molar-refractivity contribution in [2.75, 3.05) is 19.8 Å². The van der Waals surface area contributed by atoms with E-state index in [2.05, 4.69) is 5.16 Å². The van der Waals surface area contributed by atoms with Crippen LogP contribution in [0.1, 0.15) is 6.42 Å². The summed E-state index contributed by atoms with van der Waals surface area (Å²) in [6, 6.07) is 0. The summed E-state index contributed by atoms with van der Waals surface area (Å²) in [5, 5.41) is 3.67. The Hall–Kier alpha value is -0.770. The molecule has 4 heteroatoms. The number of rotatable bonds is 2. The molecule has 0 radical (unpaired) electrons. The molecule has 10 heavy (non-hydrogen) atoms. The van der Waals surface area contributed by atoms with Crippen molar-refractivity contribution in [1.82, 2.24) is 0 Å². The first kappa shape index (κ1) is 5.97. The molecule has 1 fully saturated rings. The predicted molar refractivity (Wildman–Crippen MR) is 33.7 cm³/mol. The average Bonchev–Trinajstić information content (AvgIpc) is 2.63. The van der Waals surface area contributed by atoms with Gasteiger partial charge in [0.1, 0.15) is 19.3 Å². The van der Waals surface area contributed by atoms with Gasteiger partial charge in [0.25, 0.3) is 0 Å². The number of epoxide rings is 1. The van der Waals surface area contributed by atoms with Crippen molar-refractivity contribution in [3.63, 3.8) is 0 Å². The van der Waals surface area contributed by atoms with E-state index in [1.807, 2.05) is 0 Å². The molecule has 0 bridgehead atoms. The van der Waals surface area contributed by atoms with Crippen LogP contribution in [0.3, 0.4) is 0 Å². The van der Waals surface area contributed by atoms with Gasteiger partial charge in [-0.15, -0.1) is 0 Å². The Labute approximate surface area is 58.7 Å². The molecular weight excluding hydrogens is 134 g/mol. The van der Waals surface area contributed by atoms with E-state index >= 15 is 0 Å². The minimum atomic E-state index is 0.309. The lowest BCUT2D eigenvalue weighted by Crippen LogP contribution is -2.07. The van der Waals surface area contributed by atoms with E-state index in [4.69, 9.17) is 14.3 Å². The van der Waals surface area contributed by atoms with Crippen molar-refractivity contribution in [2.45, 2.75) is 12.5 Å². The molecule has 2 aliphatic rings. The molecule has 2 heterocycles. The lowest BCUT2D eigenvalue weighted by molar-refractivity contribution is 0.170. The molecule has 0 aliphatic carbocycles. The quantitative estimate of drug-likeness (QED) is 0.516. The van der Waals surface area contributed by atoms with Gasteiger partial charge in [-0.05, 0) is 0 Å². The second-order valence-corrected chi connectivity index (χ2v) is 2.33. The van der Waals surface area contributed by atoms with Gasteiger partial charge in [0.2, 0.25) is 5.90 Å². The summed E-state index contributed by atoms with van der Waals surface area (Å²) >= 11 is 0. The summed E-state index contributed by atoms with van der Waals surface area (Å²) < 4.78 is 10.2. The summed E-state index contributed by atoms with van der Waals surface area (Å²) in [5.41, 5.74) is 0. The fraction of sp³-hybridized carbons (Fsp3) is 0.833. The van der Waals surface area contributed by atoms with E-state index < -0.39 is 0 Å². The minimum Gasteiger partial charge on any atom is -0.476 e. The number of nitrogens with zero attached hydrogens (tertiary/aromatic N) is 1. The maximum Gasteiger partial charge on any atom is 0.229 e. The Balaban J connectivity index is 1.68. The van der Waals surface area contributed by atoms with E-state index in [0.717, 1.165) is 13.0 Å². The van der Waals surface area contributed by atoms with E-state index in [1.54, 1.807) is 0 Å². The third-order valence-electron chi connectivity index (χ3n) is 1.41. The third-order valence-corrected chi connectivity index (χ3v) is 1.41. The van der Waals surface area contributed by atoms with Gasteiger partial charge < -0.3 is 14.3 Å². The number of ether oxygens (including phenoxy) is 2. The molecule has 2 aliphatic heterocycles. The predicted octanol–water partition coefficient (Wildman–Crippen LogP) is 0.136. The molecule has 56 valence electrons. The van der Waals surface area contributed by atoms with Crippen LogP contribution >= 0.6 is 0 Å². The maximum atomic E-state index is 5.23.